The maximum absolute atomic E-state index is 13.2. The average Bonchev–Trinajstić information content (AvgIpc) is 3.18. The second-order valence-corrected chi connectivity index (χ2v) is 9.13. The number of carbonyl (C=O) groups is 1. The Labute approximate surface area is 172 Å². The fraction of sp³-hybridized carbons (Fsp3) is 0.318. The molecule has 5 nitrogen and oxygen atoms in total. The Hall–Kier alpha value is -2.47. The lowest BCUT2D eigenvalue weighted by atomic mass is 9.94. The van der Waals surface area contributed by atoms with Crippen molar-refractivity contribution in [1.82, 2.24) is 20.1 Å². The van der Waals surface area contributed by atoms with Crippen molar-refractivity contribution in [3.8, 4) is 5.82 Å². The molecule has 2 aromatic heterocycles. The molecule has 0 spiro atoms. The SMILES string of the molecule is CC(C)(NC(=O)c1nn(-c2ccc(Br)cn2)c2c1C[C@H]1C[C@@H]21)c1ccccc1. The van der Waals surface area contributed by atoms with E-state index in [4.69, 9.17) is 5.10 Å². The number of fused-ring (bicyclic) bond motifs is 3. The summed E-state index contributed by atoms with van der Waals surface area (Å²) < 4.78 is 2.80. The normalized spacial score (nSPS) is 19.8. The van der Waals surface area contributed by atoms with Gasteiger partial charge in [0.1, 0.15) is 0 Å². The Kier molecular flexibility index (Phi) is 3.95. The molecule has 1 saturated carbocycles. The van der Waals surface area contributed by atoms with E-state index in [1.807, 2.05) is 61.0 Å². The van der Waals surface area contributed by atoms with Gasteiger partial charge < -0.3 is 5.32 Å². The van der Waals surface area contributed by atoms with Gasteiger partial charge in [-0.05, 0) is 66.2 Å². The number of nitrogens with zero attached hydrogens (tertiary/aromatic N) is 3. The molecule has 142 valence electrons. The molecular formula is C22H21BrN4O. The summed E-state index contributed by atoms with van der Waals surface area (Å²) in [6.45, 7) is 4.04. The molecule has 28 heavy (non-hydrogen) atoms. The Morgan fingerprint density at radius 3 is 2.71 bits per heavy atom. The molecule has 0 aliphatic heterocycles. The monoisotopic (exact) mass is 436 g/mol. The van der Waals surface area contributed by atoms with Gasteiger partial charge in [0.05, 0.1) is 11.2 Å². The van der Waals surface area contributed by atoms with Gasteiger partial charge in [-0.2, -0.15) is 5.10 Å². The van der Waals surface area contributed by atoms with Crippen LogP contribution in [0.4, 0.5) is 0 Å². The fourth-order valence-electron chi connectivity index (χ4n) is 4.24. The summed E-state index contributed by atoms with van der Waals surface area (Å²) in [4.78, 5) is 17.7. The first-order valence-electron chi connectivity index (χ1n) is 9.56. The number of halogens is 1. The highest BCUT2D eigenvalue weighted by Gasteiger charge is 2.50. The summed E-state index contributed by atoms with van der Waals surface area (Å²) in [5.74, 6) is 1.80. The molecule has 0 radical (unpaired) electrons. The van der Waals surface area contributed by atoms with E-state index in [1.165, 1.54) is 12.1 Å². The summed E-state index contributed by atoms with van der Waals surface area (Å²) in [6, 6.07) is 13.9. The van der Waals surface area contributed by atoms with Crippen molar-refractivity contribution in [1.29, 1.82) is 0 Å². The number of benzene rings is 1. The van der Waals surface area contributed by atoms with E-state index < -0.39 is 5.54 Å². The third-order valence-electron chi connectivity index (χ3n) is 5.83. The summed E-state index contributed by atoms with van der Waals surface area (Å²) in [5.41, 5.74) is 3.38. The van der Waals surface area contributed by atoms with Crippen LogP contribution in [0.5, 0.6) is 0 Å². The molecule has 2 aliphatic rings. The highest BCUT2D eigenvalue weighted by Crippen LogP contribution is 2.57. The minimum absolute atomic E-state index is 0.123. The number of rotatable bonds is 4. The number of nitrogens with one attached hydrogen (secondary N) is 1. The standard InChI is InChI=1S/C22H21BrN4O/c1-22(2,14-6-4-3-5-7-14)25-21(28)19-17-11-13-10-16(13)20(17)27(26-19)18-9-8-15(23)12-24-18/h3-9,12-13,16H,10-11H2,1-2H3,(H,25,28)/t13-,16-/m1/s1. The van der Waals surface area contributed by atoms with Crippen molar-refractivity contribution in [2.75, 3.05) is 0 Å². The molecule has 1 N–H and O–H groups in total. The molecule has 5 rings (SSSR count). The molecule has 2 heterocycles. The van der Waals surface area contributed by atoms with Crippen molar-refractivity contribution >= 4 is 21.8 Å². The molecule has 1 fully saturated rings. The number of hydrogen-bond donors (Lipinski definition) is 1. The van der Waals surface area contributed by atoms with Crippen molar-refractivity contribution in [2.24, 2.45) is 5.92 Å². The number of hydrogen-bond acceptors (Lipinski definition) is 3. The van der Waals surface area contributed by atoms with Crippen LogP contribution in [0.2, 0.25) is 0 Å². The number of pyridine rings is 1. The topological polar surface area (TPSA) is 59.8 Å². The Morgan fingerprint density at radius 1 is 1.21 bits per heavy atom. The lowest BCUT2D eigenvalue weighted by molar-refractivity contribution is 0.0905. The maximum atomic E-state index is 13.2. The highest BCUT2D eigenvalue weighted by atomic mass is 79.9. The predicted molar refractivity (Wildman–Crippen MR) is 111 cm³/mol. The minimum atomic E-state index is -0.480. The van der Waals surface area contributed by atoms with Gasteiger partial charge in [-0.1, -0.05) is 30.3 Å². The summed E-state index contributed by atoms with van der Waals surface area (Å²) in [5, 5.41) is 7.89. The number of amides is 1. The number of carbonyl (C=O) groups excluding carboxylic acids is 1. The van der Waals surface area contributed by atoms with Gasteiger partial charge in [0.15, 0.2) is 11.5 Å². The molecule has 1 aromatic carbocycles. The van der Waals surface area contributed by atoms with Gasteiger partial charge in [0, 0.05) is 22.2 Å². The zero-order valence-electron chi connectivity index (χ0n) is 15.8. The second kappa shape index (κ2) is 6.27. The smallest absolute Gasteiger partial charge is 0.272 e. The average molecular weight is 437 g/mol. The molecule has 0 bridgehead atoms. The molecule has 3 aromatic rings. The summed E-state index contributed by atoms with van der Waals surface area (Å²) in [7, 11) is 0. The Bertz CT molecular complexity index is 1060. The van der Waals surface area contributed by atoms with Crippen molar-refractivity contribution in [3.05, 3.63) is 75.6 Å². The third-order valence-corrected chi connectivity index (χ3v) is 6.30. The van der Waals surface area contributed by atoms with Crippen molar-refractivity contribution in [2.45, 2.75) is 38.1 Å². The van der Waals surface area contributed by atoms with Gasteiger partial charge in [-0.15, -0.1) is 0 Å². The first-order chi connectivity index (χ1) is 13.4. The molecule has 2 atom stereocenters. The molecular weight excluding hydrogens is 416 g/mol. The quantitative estimate of drug-likeness (QED) is 0.660. The fourth-order valence-corrected chi connectivity index (χ4v) is 4.47. The van der Waals surface area contributed by atoms with E-state index in [2.05, 4.69) is 26.2 Å². The van der Waals surface area contributed by atoms with Crippen LogP contribution in [-0.2, 0) is 12.0 Å². The van der Waals surface area contributed by atoms with E-state index in [-0.39, 0.29) is 5.91 Å². The molecule has 0 saturated heterocycles. The largest absolute Gasteiger partial charge is 0.342 e. The van der Waals surface area contributed by atoms with Crippen LogP contribution in [0.1, 0.15) is 53.5 Å². The van der Waals surface area contributed by atoms with Crippen LogP contribution in [-0.4, -0.2) is 20.7 Å². The van der Waals surface area contributed by atoms with Gasteiger partial charge in [-0.25, -0.2) is 9.67 Å². The first-order valence-corrected chi connectivity index (χ1v) is 10.3. The van der Waals surface area contributed by atoms with Crippen molar-refractivity contribution < 1.29 is 4.79 Å². The zero-order chi connectivity index (χ0) is 19.5. The van der Waals surface area contributed by atoms with Crippen LogP contribution < -0.4 is 5.32 Å². The maximum Gasteiger partial charge on any atom is 0.272 e. The summed E-state index contributed by atoms with van der Waals surface area (Å²) >= 11 is 3.43. The van der Waals surface area contributed by atoms with E-state index in [1.54, 1.807) is 6.20 Å². The van der Waals surface area contributed by atoms with Gasteiger partial charge in [0.2, 0.25) is 0 Å². The summed E-state index contributed by atoms with van der Waals surface area (Å²) in [6.07, 6.45) is 3.89. The van der Waals surface area contributed by atoms with Crippen molar-refractivity contribution in [3.63, 3.8) is 0 Å². The lowest BCUT2D eigenvalue weighted by Crippen LogP contribution is -2.41. The van der Waals surface area contributed by atoms with Gasteiger partial charge >= 0.3 is 0 Å². The van der Waals surface area contributed by atoms with Crippen LogP contribution in [0, 0.1) is 5.92 Å². The zero-order valence-corrected chi connectivity index (χ0v) is 17.4. The Balaban J connectivity index is 1.51. The van der Waals surface area contributed by atoms with Crippen LogP contribution in [0.3, 0.4) is 0 Å². The molecule has 0 unspecified atom stereocenters. The van der Waals surface area contributed by atoms with E-state index in [9.17, 15) is 4.79 Å². The third kappa shape index (κ3) is 2.87. The van der Waals surface area contributed by atoms with Gasteiger partial charge in [-0.3, -0.25) is 4.79 Å². The molecule has 1 amide bonds. The van der Waals surface area contributed by atoms with Crippen LogP contribution in [0.25, 0.3) is 5.82 Å². The number of aromatic nitrogens is 3. The lowest BCUT2D eigenvalue weighted by Gasteiger charge is -2.26. The predicted octanol–water partition coefficient (Wildman–Crippen LogP) is 4.35. The van der Waals surface area contributed by atoms with E-state index in [0.29, 0.717) is 17.5 Å². The second-order valence-electron chi connectivity index (χ2n) is 8.21. The first kappa shape index (κ1) is 17.6. The molecule has 2 aliphatic carbocycles. The minimum Gasteiger partial charge on any atom is -0.342 e. The van der Waals surface area contributed by atoms with Gasteiger partial charge in [0.25, 0.3) is 5.91 Å². The van der Waals surface area contributed by atoms with Crippen LogP contribution >= 0.6 is 15.9 Å². The Morgan fingerprint density at radius 2 is 2.00 bits per heavy atom. The van der Waals surface area contributed by atoms with E-state index in [0.717, 1.165) is 27.8 Å². The van der Waals surface area contributed by atoms with E-state index >= 15 is 0 Å². The molecule has 6 heteroatoms. The van der Waals surface area contributed by atoms with Crippen LogP contribution in [0.15, 0.2) is 53.1 Å². The highest BCUT2D eigenvalue weighted by molar-refractivity contribution is 9.10.